The number of aliphatic hydroxyl groups excluding tert-OH is 1. The van der Waals surface area contributed by atoms with Crippen molar-refractivity contribution >= 4 is 39.5 Å². The molecule has 0 rings (SSSR count). The van der Waals surface area contributed by atoms with E-state index in [1.807, 2.05) is 0 Å². The first kappa shape index (κ1) is 91.1. The average molecular weight is 1370 g/mol. The summed E-state index contributed by atoms with van der Waals surface area (Å²) in [6.07, 6.45) is 55.6. The molecule has 3 unspecified atom stereocenters. The predicted molar refractivity (Wildman–Crippen MR) is 377 cm³/mol. The molecule has 0 saturated heterocycles. The van der Waals surface area contributed by atoms with Crippen LogP contribution in [0.1, 0.15) is 388 Å². The molecule has 552 valence electrons. The highest BCUT2D eigenvalue weighted by Crippen LogP contribution is 2.45. The van der Waals surface area contributed by atoms with Gasteiger partial charge < -0.3 is 33.8 Å². The van der Waals surface area contributed by atoms with Crippen LogP contribution in [0, 0.1) is 5.92 Å². The molecule has 0 fully saturated rings. The third-order valence-corrected chi connectivity index (χ3v) is 19.5. The topological polar surface area (TPSA) is 237 Å². The molecule has 0 aliphatic rings. The van der Waals surface area contributed by atoms with E-state index in [0.29, 0.717) is 25.7 Å². The van der Waals surface area contributed by atoms with Crippen molar-refractivity contribution in [2.75, 3.05) is 39.6 Å². The lowest BCUT2D eigenvalue weighted by molar-refractivity contribution is -0.161. The van der Waals surface area contributed by atoms with Crippen molar-refractivity contribution in [3.63, 3.8) is 0 Å². The minimum atomic E-state index is -4.95. The molecule has 0 spiro atoms. The number of ether oxygens (including phenoxy) is 4. The van der Waals surface area contributed by atoms with Crippen LogP contribution in [-0.4, -0.2) is 96.7 Å². The SMILES string of the molecule is CCCCCCCCCCCCCCCCCCCCC(=O)O[C@H](COC(=O)CCCCCCCCCCCCCCCCCC)COP(=O)(O)OC[C@@H](O)COP(=O)(O)OC[C@@H](COC(=O)CCCCCCCCC)OC(=O)CCCCCCCCCCC(C)CC. The van der Waals surface area contributed by atoms with E-state index in [1.54, 1.807) is 0 Å². The van der Waals surface area contributed by atoms with Crippen LogP contribution in [0.4, 0.5) is 0 Å². The van der Waals surface area contributed by atoms with Crippen LogP contribution in [0.25, 0.3) is 0 Å². The molecule has 0 heterocycles. The van der Waals surface area contributed by atoms with Gasteiger partial charge in [-0.05, 0) is 31.6 Å². The Morgan fingerprint density at radius 1 is 0.301 bits per heavy atom. The molecular weight excluding hydrogens is 1220 g/mol. The predicted octanol–water partition coefficient (Wildman–Crippen LogP) is 21.7. The zero-order valence-electron chi connectivity index (χ0n) is 60.4. The van der Waals surface area contributed by atoms with Gasteiger partial charge in [0.15, 0.2) is 12.2 Å². The summed E-state index contributed by atoms with van der Waals surface area (Å²) in [4.78, 5) is 72.6. The molecule has 0 saturated carbocycles. The Balaban J connectivity index is 5.19. The highest BCUT2D eigenvalue weighted by molar-refractivity contribution is 7.47. The van der Waals surface area contributed by atoms with Crippen LogP contribution >= 0.6 is 15.6 Å². The van der Waals surface area contributed by atoms with Crippen molar-refractivity contribution in [1.82, 2.24) is 0 Å². The second-order valence-electron chi connectivity index (χ2n) is 26.9. The second kappa shape index (κ2) is 67.3. The van der Waals surface area contributed by atoms with E-state index in [0.717, 1.165) is 109 Å². The summed E-state index contributed by atoms with van der Waals surface area (Å²) >= 11 is 0. The fourth-order valence-corrected chi connectivity index (χ4v) is 12.9. The molecule has 0 radical (unpaired) electrons. The summed E-state index contributed by atoms with van der Waals surface area (Å²) < 4.78 is 68.3. The van der Waals surface area contributed by atoms with E-state index < -0.39 is 97.5 Å². The summed E-state index contributed by atoms with van der Waals surface area (Å²) in [6.45, 7) is 7.24. The Bertz CT molecular complexity index is 1790. The van der Waals surface area contributed by atoms with Gasteiger partial charge >= 0.3 is 39.5 Å². The Morgan fingerprint density at radius 2 is 0.516 bits per heavy atom. The fourth-order valence-electron chi connectivity index (χ4n) is 11.3. The van der Waals surface area contributed by atoms with Crippen molar-refractivity contribution in [2.45, 2.75) is 406 Å². The van der Waals surface area contributed by atoms with Gasteiger partial charge in [-0.2, -0.15) is 0 Å². The summed E-state index contributed by atoms with van der Waals surface area (Å²) in [5.41, 5.74) is 0. The van der Waals surface area contributed by atoms with Crippen LogP contribution < -0.4 is 0 Å². The number of phosphoric acid groups is 2. The quantitative estimate of drug-likeness (QED) is 0.0222. The van der Waals surface area contributed by atoms with Gasteiger partial charge in [0.1, 0.15) is 19.3 Å². The molecule has 0 aliphatic carbocycles. The van der Waals surface area contributed by atoms with Crippen LogP contribution in [0.2, 0.25) is 0 Å². The molecule has 0 amide bonds. The molecule has 0 aromatic heterocycles. The number of phosphoric ester groups is 2. The summed E-state index contributed by atoms with van der Waals surface area (Å²) in [6, 6.07) is 0. The van der Waals surface area contributed by atoms with Crippen molar-refractivity contribution in [3.8, 4) is 0 Å². The number of hydrogen-bond donors (Lipinski definition) is 3. The minimum absolute atomic E-state index is 0.105. The van der Waals surface area contributed by atoms with Crippen molar-refractivity contribution in [2.24, 2.45) is 5.92 Å². The molecule has 6 atom stereocenters. The zero-order chi connectivity index (χ0) is 68.4. The number of hydrogen-bond acceptors (Lipinski definition) is 15. The zero-order valence-corrected chi connectivity index (χ0v) is 62.2. The molecule has 0 aromatic carbocycles. The highest BCUT2D eigenvalue weighted by Gasteiger charge is 2.30. The Hall–Kier alpha value is -1.94. The first-order chi connectivity index (χ1) is 45.1. The van der Waals surface area contributed by atoms with E-state index in [9.17, 15) is 43.2 Å². The largest absolute Gasteiger partial charge is 0.472 e. The Kier molecular flexibility index (Phi) is 65.9. The number of carbonyl (C=O) groups is 4. The molecule has 93 heavy (non-hydrogen) atoms. The molecular formula is C74H144O17P2. The Labute approximate surface area is 568 Å². The number of carbonyl (C=O) groups excluding carboxylic acids is 4. The van der Waals surface area contributed by atoms with Gasteiger partial charge in [0, 0.05) is 25.7 Å². The first-order valence-corrected chi connectivity index (χ1v) is 41.7. The summed E-state index contributed by atoms with van der Waals surface area (Å²) in [7, 11) is -9.90. The summed E-state index contributed by atoms with van der Waals surface area (Å²) in [5.74, 6) is -1.35. The molecule has 0 bridgehead atoms. The van der Waals surface area contributed by atoms with Crippen LogP contribution in [0.5, 0.6) is 0 Å². The van der Waals surface area contributed by atoms with E-state index >= 15 is 0 Å². The second-order valence-corrected chi connectivity index (χ2v) is 29.8. The minimum Gasteiger partial charge on any atom is -0.462 e. The van der Waals surface area contributed by atoms with Gasteiger partial charge in [0.2, 0.25) is 0 Å². The van der Waals surface area contributed by atoms with Gasteiger partial charge in [-0.1, -0.05) is 336 Å². The molecule has 3 N–H and O–H groups in total. The average Bonchev–Trinajstić information content (AvgIpc) is 2.18. The van der Waals surface area contributed by atoms with Crippen molar-refractivity contribution in [3.05, 3.63) is 0 Å². The molecule has 0 aliphatic heterocycles. The standard InChI is InChI=1S/C74H144O17P2/c1-6-10-13-16-19-21-23-25-27-29-30-32-34-36-38-44-49-54-59-73(78)90-70(64-85-72(77)58-53-48-43-37-35-33-31-28-26-24-22-20-17-14-11-7-2)66-89-93(82,83)87-62-68(75)61-86-92(80,81)88-65-69(63-84-71(76)57-52-47-41-18-15-12-8-3)91-74(79)60-55-50-45-40-39-42-46-51-56-67(5)9-4/h67-70,75H,6-66H2,1-5H3,(H,80,81)(H,82,83)/t67?,68-,69+,70+/m0/s1. The third kappa shape index (κ3) is 67.0. The molecule has 17 nitrogen and oxygen atoms in total. The fraction of sp³-hybridized carbons (Fsp3) is 0.946. The van der Waals surface area contributed by atoms with Crippen LogP contribution in [0.15, 0.2) is 0 Å². The smallest absolute Gasteiger partial charge is 0.462 e. The number of unbranched alkanes of at least 4 members (excludes halogenated alkanes) is 45. The number of rotatable bonds is 74. The number of aliphatic hydroxyl groups is 1. The van der Waals surface area contributed by atoms with Gasteiger partial charge in [-0.25, -0.2) is 9.13 Å². The lowest BCUT2D eigenvalue weighted by Gasteiger charge is -2.21. The van der Waals surface area contributed by atoms with Crippen LogP contribution in [-0.2, 0) is 65.4 Å². The van der Waals surface area contributed by atoms with Crippen LogP contribution in [0.3, 0.4) is 0 Å². The lowest BCUT2D eigenvalue weighted by Crippen LogP contribution is -2.30. The van der Waals surface area contributed by atoms with Crippen molar-refractivity contribution in [1.29, 1.82) is 0 Å². The van der Waals surface area contributed by atoms with E-state index in [-0.39, 0.29) is 25.7 Å². The van der Waals surface area contributed by atoms with Crippen molar-refractivity contribution < 1.29 is 80.2 Å². The Morgan fingerprint density at radius 3 is 0.763 bits per heavy atom. The highest BCUT2D eigenvalue weighted by atomic mass is 31.2. The van der Waals surface area contributed by atoms with Gasteiger partial charge in [0.25, 0.3) is 0 Å². The first-order valence-electron chi connectivity index (χ1n) is 38.7. The van der Waals surface area contributed by atoms with Gasteiger partial charge in [-0.3, -0.25) is 37.3 Å². The van der Waals surface area contributed by atoms with E-state index in [1.165, 1.54) is 199 Å². The third-order valence-electron chi connectivity index (χ3n) is 17.6. The van der Waals surface area contributed by atoms with E-state index in [4.69, 9.17) is 37.0 Å². The lowest BCUT2D eigenvalue weighted by atomic mass is 9.99. The molecule has 0 aromatic rings. The number of esters is 4. The monoisotopic (exact) mass is 1370 g/mol. The summed E-state index contributed by atoms with van der Waals surface area (Å²) in [5, 5.41) is 10.6. The normalized spacial score (nSPS) is 14.3. The van der Waals surface area contributed by atoms with E-state index in [2.05, 4.69) is 34.6 Å². The maximum absolute atomic E-state index is 13.1. The molecule has 19 heteroatoms. The maximum atomic E-state index is 13.1. The maximum Gasteiger partial charge on any atom is 0.472 e. The van der Waals surface area contributed by atoms with Gasteiger partial charge in [0.05, 0.1) is 26.4 Å². The van der Waals surface area contributed by atoms with Gasteiger partial charge in [-0.15, -0.1) is 0 Å².